The summed E-state index contributed by atoms with van der Waals surface area (Å²) in [5, 5.41) is 3.05. The minimum absolute atomic E-state index is 0.171. The Morgan fingerprint density at radius 2 is 1.86 bits per heavy atom. The highest BCUT2D eigenvalue weighted by Gasteiger charge is 2.15. The van der Waals surface area contributed by atoms with Gasteiger partial charge in [-0.2, -0.15) is 0 Å². The number of carbonyl (C=O) groups is 1. The van der Waals surface area contributed by atoms with Crippen molar-refractivity contribution in [3.8, 4) is 0 Å². The smallest absolute Gasteiger partial charge is 0.278 e. The third-order valence-corrected chi connectivity index (χ3v) is 3.27. The van der Waals surface area contributed by atoms with Crippen molar-refractivity contribution >= 4 is 17.4 Å². The predicted octanol–water partition coefficient (Wildman–Crippen LogP) is 2.75. The summed E-state index contributed by atoms with van der Waals surface area (Å²) in [4.78, 5) is 22.3. The lowest BCUT2D eigenvalue weighted by molar-refractivity contribution is 0.0988. The molecule has 1 aromatic carbocycles. The Kier molecular flexibility index (Phi) is 4.87. The third kappa shape index (κ3) is 3.56. The molecule has 0 radical (unpaired) electrons. The van der Waals surface area contributed by atoms with Gasteiger partial charge in [-0.3, -0.25) is 4.79 Å². The summed E-state index contributed by atoms with van der Waals surface area (Å²) in [5.74, 6) is 0.499. The zero-order valence-electron chi connectivity index (χ0n) is 12.6. The molecule has 0 unspecified atom stereocenters. The molecule has 0 aliphatic rings. The molecule has 0 spiro atoms. The summed E-state index contributed by atoms with van der Waals surface area (Å²) >= 11 is 0. The van der Waals surface area contributed by atoms with Crippen molar-refractivity contribution < 1.29 is 4.79 Å². The highest BCUT2D eigenvalue weighted by atomic mass is 16.2. The number of aromatic nitrogens is 2. The van der Waals surface area contributed by atoms with Crippen LogP contribution in [0.5, 0.6) is 0 Å². The molecule has 5 heteroatoms. The zero-order valence-corrected chi connectivity index (χ0v) is 12.6. The van der Waals surface area contributed by atoms with Crippen molar-refractivity contribution in [3.05, 3.63) is 47.9 Å². The van der Waals surface area contributed by atoms with E-state index < -0.39 is 0 Å². The van der Waals surface area contributed by atoms with E-state index in [-0.39, 0.29) is 5.91 Å². The van der Waals surface area contributed by atoms with Gasteiger partial charge < -0.3 is 10.2 Å². The maximum absolute atomic E-state index is 12.4. The fourth-order valence-electron chi connectivity index (χ4n) is 1.96. The summed E-state index contributed by atoms with van der Waals surface area (Å²) < 4.78 is 0. The van der Waals surface area contributed by atoms with Crippen molar-refractivity contribution in [1.29, 1.82) is 0 Å². The maximum Gasteiger partial charge on any atom is 0.278 e. The van der Waals surface area contributed by atoms with Crippen molar-refractivity contribution in [2.45, 2.75) is 20.3 Å². The normalized spacial score (nSPS) is 10.2. The van der Waals surface area contributed by atoms with Crippen LogP contribution in [0.3, 0.4) is 0 Å². The first-order valence-electron chi connectivity index (χ1n) is 7.08. The molecular weight excluding hydrogens is 264 g/mol. The Labute approximate surface area is 125 Å². The van der Waals surface area contributed by atoms with Crippen molar-refractivity contribution in [2.75, 3.05) is 23.8 Å². The molecule has 0 atom stereocenters. The van der Waals surface area contributed by atoms with Gasteiger partial charge in [0.15, 0.2) is 0 Å². The number of rotatable bonds is 5. The molecule has 21 heavy (non-hydrogen) atoms. The molecule has 0 aliphatic carbocycles. The lowest BCUT2D eigenvalue weighted by Gasteiger charge is -2.17. The van der Waals surface area contributed by atoms with Crippen LogP contribution in [0, 0.1) is 0 Å². The first kappa shape index (κ1) is 15.0. The maximum atomic E-state index is 12.4. The molecular formula is C16H20N4O. The third-order valence-electron chi connectivity index (χ3n) is 3.27. The van der Waals surface area contributed by atoms with Crippen LogP contribution in [-0.2, 0) is 6.42 Å². The van der Waals surface area contributed by atoms with Gasteiger partial charge in [-0.05, 0) is 31.0 Å². The van der Waals surface area contributed by atoms with E-state index in [0.29, 0.717) is 11.5 Å². The topological polar surface area (TPSA) is 58.1 Å². The van der Waals surface area contributed by atoms with Crippen LogP contribution in [0.2, 0.25) is 0 Å². The molecule has 0 fully saturated rings. The van der Waals surface area contributed by atoms with E-state index in [1.54, 1.807) is 18.1 Å². The van der Waals surface area contributed by atoms with Crippen LogP contribution in [0.4, 0.5) is 11.5 Å². The van der Waals surface area contributed by atoms with Crippen molar-refractivity contribution in [2.24, 2.45) is 0 Å². The highest BCUT2D eigenvalue weighted by Crippen LogP contribution is 2.16. The van der Waals surface area contributed by atoms with E-state index in [0.717, 1.165) is 18.7 Å². The molecule has 1 aromatic heterocycles. The lowest BCUT2D eigenvalue weighted by atomic mass is 10.1. The summed E-state index contributed by atoms with van der Waals surface area (Å²) in [6, 6.07) is 7.94. The van der Waals surface area contributed by atoms with E-state index in [1.807, 2.05) is 31.2 Å². The number of anilines is 2. The molecule has 0 bridgehead atoms. The van der Waals surface area contributed by atoms with Gasteiger partial charge in [-0.15, -0.1) is 0 Å². The molecule has 1 N–H and O–H groups in total. The van der Waals surface area contributed by atoms with E-state index >= 15 is 0 Å². The first-order chi connectivity index (χ1) is 10.2. The van der Waals surface area contributed by atoms with E-state index in [1.165, 1.54) is 11.8 Å². The second kappa shape index (κ2) is 6.83. The molecule has 110 valence electrons. The number of hydrogen-bond donors (Lipinski definition) is 1. The number of nitrogens with zero attached hydrogens (tertiary/aromatic N) is 3. The van der Waals surface area contributed by atoms with Crippen molar-refractivity contribution in [3.63, 3.8) is 0 Å². The molecule has 1 amide bonds. The van der Waals surface area contributed by atoms with Gasteiger partial charge in [0.1, 0.15) is 11.5 Å². The Morgan fingerprint density at radius 3 is 2.38 bits per heavy atom. The summed E-state index contributed by atoms with van der Waals surface area (Å²) in [7, 11) is 1.74. The van der Waals surface area contributed by atoms with Gasteiger partial charge in [-0.1, -0.05) is 19.1 Å². The van der Waals surface area contributed by atoms with Gasteiger partial charge in [0.2, 0.25) is 0 Å². The van der Waals surface area contributed by atoms with Crippen LogP contribution in [-0.4, -0.2) is 29.5 Å². The van der Waals surface area contributed by atoms with Gasteiger partial charge >= 0.3 is 0 Å². The number of benzene rings is 1. The number of amides is 1. The Bertz CT molecular complexity index is 593. The second-order valence-electron chi connectivity index (χ2n) is 4.70. The first-order valence-corrected chi connectivity index (χ1v) is 7.08. The Morgan fingerprint density at radius 1 is 1.14 bits per heavy atom. The monoisotopic (exact) mass is 284 g/mol. The fraction of sp³-hybridized carbons (Fsp3) is 0.312. The van der Waals surface area contributed by atoms with Crippen LogP contribution < -0.4 is 10.2 Å². The largest absolute Gasteiger partial charge is 0.369 e. The number of carbonyl (C=O) groups excluding carboxylic acids is 1. The summed E-state index contributed by atoms with van der Waals surface area (Å²) in [6.45, 7) is 4.85. The number of hydrogen-bond acceptors (Lipinski definition) is 4. The summed E-state index contributed by atoms with van der Waals surface area (Å²) in [6.07, 6.45) is 4.05. The van der Waals surface area contributed by atoms with Gasteiger partial charge in [-0.25, -0.2) is 9.97 Å². The van der Waals surface area contributed by atoms with Gasteiger partial charge in [0.25, 0.3) is 5.91 Å². The second-order valence-corrected chi connectivity index (χ2v) is 4.70. The predicted molar refractivity (Wildman–Crippen MR) is 84.7 cm³/mol. The quantitative estimate of drug-likeness (QED) is 0.917. The SMILES string of the molecule is CCNc1cnc(C(=O)N(C)c2ccc(CC)cc2)cn1. The minimum Gasteiger partial charge on any atom is -0.369 e. The fourth-order valence-corrected chi connectivity index (χ4v) is 1.96. The lowest BCUT2D eigenvalue weighted by Crippen LogP contribution is -2.27. The van der Waals surface area contributed by atoms with Gasteiger partial charge in [0.05, 0.1) is 12.4 Å². The zero-order chi connectivity index (χ0) is 15.2. The van der Waals surface area contributed by atoms with Crippen LogP contribution in [0.15, 0.2) is 36.7 Å². The van der Waals surface area contributed by atoms with E-state index in [4.69, 9.17) is 0 Å². The summed E-state index contributed by atoms with van der Waals surface area (Å²) in [5.41, 5.74) is 2.42. The van der Waals surface area contributed by atoms with Crippen molar-refractivity contribution in [1.82, 2.24) is 9.97 Å². The van der Waals surface area contributed by atoms with Gasteiger partial charge in [0, 0.05) is 19.3 Å². The highest BCUT2D eigenvalue weighted by molar-refractivity contribution is 6.04. The Hall–Kier alpha value is -2.43. The molecule has 2 aromatic rings. The molecule has 2 rings (SSSR count). The average Bonchev–Trinajstić information content (AvgIpc) is 2.54. The molecule has 1 heterocycles. The Balaban J connectivity index is 2.13. The average molecular weight is 284 g/mol. The molecule has 0 saturated carbocycles. The van der Waals surface area contributed by atoms with E-state index in [2.05, 4.69) is 22.2 Å². The van der Waals surface area contributed by atoms with Crippen LogP contribution >= 0.6 is 0 Å². The standard InChI is InChI=1S/C16H20N4O/c1-4-12-6-8-13(9-7-12)20(3)16(21)14-10-19-15(11-18-14)17-5-2/h6-11H,4-5H2,1-3H3,(H,17,19). The minimum atomic E-state index is -0.171. The number of nitrogens with one attached hydrogen (secondary N) is 1. The van der Waals surface area contributed by atoms with E-state index in [9.17, 15) is 4.79 Å². The van der Waals surface area contributed by atoms with Crippen LogP contribution in [0.1, 0.15) is 29.9 Å². The van der Waals surface area contributed by atoms with Crippen LogP contribution in [0.25, 0.3) is 0 Å². The number of aryl methyl sites for hydroxylation is 1. The molecule has 0 saturated heterocycles. The molecule has 5 nitrogen and oxygen atoms in total. The molecule has 0 aliphatic heterocycles.